The molecular formula is C45H34N4OS. The molecule has 9 aromatic rings. The number of aryl methyl sites for hydroxylation is 3. The Labute approximate surface area is 300 Å². The van der Waals surface area contributed by atoms with Gasteiger partial charge in [0, 0.05) is 60.6 Å². The van der Waals surface area contributed by atoms with Crippen LogP contribution in [0.15, 0.2) is 140 Å². The van der Waals surface area contributed by atoms with E-state index in [2.05, 4.69) is 156 Å². The lowest BCUT2D eigenvalue weighted by Gasteiger charge is -2.25. The molecule has 0 amide bonds. The van der Waals surface area contributed by atoms with Gasteiger partial charge in [0.2, 0.25) is 0 Å². The van der Waals surface area contributed by atoms with Gasteiger partial charge in [-0.05, 0) is 92.6 Å². The second kappa shape index (κ2) is 11.5. The van der Waals surface area contributed by atoms with Crippen LogP contribution in [0.2, 0.25) is 0 Å². The van der Waals surface area contributed by atoms with Crippen molar-refractivity contribution in [3.63, 3.8) is 0 Å². The number of anilines is 4. The lowest BCUT2D eigenvalue weighted by atomic mass is 10.0. The van der Waals surface area contributed by atoms with Crippen molar-refractivity contribution in [3.05, 3.63) is 156 Å². The lowest BCUT2D eigenvalue weighted by molar-refractivity contribution is 0.483. The molecule has 6 heteroatoms. The van der Waals surface area contributed by atoms with E-state index in [0.29, 0.717) is 0 Å². The number of aromatic nitrogens is 2. The van der Waals surface area contributed by atoms with E-state index in [1.165, 1.54) is 70.2 Å². The quantitative estimate of drug-likeness (QED) is 0.181. The Morgan fingerprint density at radius 1 is 0.608 bits per heavy atom. The molecule has 3 aromatic heterocycles. The molecule has 1 aliphatic rings. The molecule has 0 saturated carbocycles. The highest BCUT2D eigenvalue weighted by Crippen LogP contribution is 2.47. The van der Waals surface area contributed by atoms with E-state index in [0.717, 1.165) is 35.2 Å². The van der Waals surface area contributed by atoms with Crippen molar-refractivity contribution < 1.29 is 4.74 Å². The summed E-state index contributed by atoms with van der Waals surface area (Å²) in [5, 5.41) is 4.91. The van der Waals surface area contributed by atoms with Gasteiger partial charge in [-0.3, -0.25) is 4.57 Å². The highest BCUT2D eigenvalue weighted by Gasteiger charge is 2.30. The molecule has 0 spiro atoms. The second-order valence-electron chi connectivity index (χ2n) is 13.5. The first-order valence-corrected chi connectivity index (χ1v) is 18.1. The highest BCUT2D eigenvalue weighted by atomic mass is 32.1. The molecule has 10 rings (SSSR count). The first-order valence-electron chi connectivity index (χ1n) is 17.3. The van der Waals surface area contributed by atoms with Gasteiger partial charge in [0.05, 0.1) is 22.4 Å². The van der Waals surface area contributed by atoms with Crippen LogP contribution in [-0.4, -0.2) is 16.2 Å². The van der Waals surface area contributed by atoms with E-state index in [9.17, 15) is 0 Å². The average molecular weight is 679 g/mol. The van der Waals surface area contributed by atoms with Gasteiger partial charge in [0.25, 0.3) is 0 Å². The van der Waals surface area contributed by atoms with Crippen molar-refractivity contribution in [2.24, 2.45) is 0 Å². The number of thiophene rings is 1. The van der Waals surface area contributed by atoms with Gasteiger partial charge in [0.1, 0.15) is 24.0 Å². The maximum atomic E-state index is 6.70. The number of fused-ring (bicyclic) bond motifs is 8. The third-order valence-corrected chi connectivity index (χ3v) is 11.3. The predicted molar refractivity (Wildman–Crippen MR) is 214 cm³/mol. The number of ether oxygens (including phenoxy) is 1. The topological polar surface area (TPSA) is 33.5 Å². The standard InChI is InChI=1S/C45H34N4OS/c1-28-23-29(2)44(30(3)24-28)48-27-47(37-14-5-6-15-38(37)48)31-11-10-12-32(25-31)50-33-18-19-34-35-20-21-41-43(36-13-4-7-16-40(36)51-41)45(35)49(39(34)26-33)42-17-8-9-22-46-42/h4-26H,27H2,1-3H3. The van der Waals surface area contributed by atoms with Gasteiger partial charge in [-0.25, -0.2) is 4.98 Å². The van der Waals surface area contributed by atoms with E-state index in [4.69, 9.17) is 9.72 Å². The summed E-state index contributed by atoms with van der Waals surface area (Å²) in [7, 11) is 0. The number of para-hydroxylation sites is 2. The Balaban J connectivity index is 1.07. The summed E-state index contributed by atoms with van der Waals surface area (Å²) in [4.78, 5) is 9.65. The molecule has 0 atom stereocenters. The van der Waals surface area contributed by atoms with Gasteiger partial charge in [-0.2, -0.15) is 0 Å². The van der Waals surface area contributed by atoms with E-state index in [-0.39, 0.29) is 0 Å². The van der Waals surface area contributed by atoms with Crippen molar-refractivity contribution in [3.8, 4) is 17.3 Å². The van der Waals surface area contributed by atoms with Gasteiger partial charge in [0.15, 0.2) is 0 Å². The largest absolute Gasteiger partial charge is 0.457 e. The van der Waals surface area contributed by atoms with E-state index >= 15 is 0 Å². The fourth-order valence-corrected chi connectivity index (χ4v) is 9.26. The summed E-state index contributed by atoms with van der Waals surface area (Å²) in [6.07, 6.45) is 1.86. The molecule has 0 N–H and O–H groups in total. The van der Waals surface area contributed by atoms with Crippen molar-refractivity contribution in [2.75, 3.05) is 16.5 Å². The predicted octanol–water partition coefficient (Wildman–Crippen LogP) is 12.5. The van der Waals surface area contributed by atoms with Crippen molar-refractivity contribution in [1.82, 2.24) is 9.55 Å². The van der Waals surface area contributed by atoms with E-state index < -0.39 is 0 Å². The molecule has 0 unspecified atom stereocenters. The number of pyridine rings is 1. The Kier molecular flexibility index (Phi) is 6.70. The summed E-state index contributed by atoms with van der Waals surface area (Å²) in [5.74, 6) is 2.45. The summed E-state index contributed by atoms with van der Waals surface area (Å²) in [6.45, 7) is 7.31. The van der Waals surface area contributed by atoms with Gasteiger partial charge in [-0.15, -0.1) is 11.3 Å². The summed E-state index contributed by atoms with van der Waals surface area (Å²) in [6, 6.07) is 47.4. The molecule has 1 aliphatic heterocycles. The average Bonchev–Trinajstić information content (AvgIpc) is 3.81. The molecule has 0 radical (unpaired) electrons. The van der Waals surface area contributed by atoms with Gasteiger partial charge < -0.3 is 14.5 Å². The summed E-state index contributed by atoms with van der Waals surface area (Å²) in [5.41, 5.74) is 10.8. The van der Waals surface area contributed by atoms with Crippen LogP contribution in [0.1, 0.15) is 16.7 Å². The number of hydrogen-bond donors (Lipinski definition) is 0. The van der Waals surface area contributed by atoms with Crippen LogP contribution in [0, 0.1) is 20.8 Å². The van der Waals surface area contributed by atoms with Crippen LogP contribution in [-0.2, 0) is 0 Å². The number of nitrogens with zero attached hydrogens (tertiary/aromatic N) is 4. The van der Waals surface area contributed by atoms with E-state index in [1.807, 2.05) is 29.7 Å². The third-order valence-electron chi connectivity index (χ3n) is 10.1. The zero-order valence-corrected chi connectivity index (χ0v) is 29.4. The third kappa shape index (κ3) is 4.71. The minimum Gasteiger partial charge on any atom is -0.457 e. The minimum absolute atomic E-state index is 0.718. The molecule has 0 aliphatic carbocycles. The maximum Gasteiger partial charge on any atom is 0.137 e. The first kappa shape index (κ1) is 29.8. The fraction of sp³-hybridized carbons (Fsp3) is 0.0889. The van der Waals surface area contributed by atoms with Gasteiger partial charge in [-0.1, -0.05) is 66.2 Å². The SMILES string of the molecule is Cc1cc(C)c(N2CN(c3cccc(Oc4ccc5c6ccc7sc8ccccc8c7c6n(-c6ccccn6)c5c4)c3)c3ccccc32)c(C)c1. The molecular weight excluding hydrogens is 645 g/mol. The lowest BCUT2D eigenvalue weighted by Crippen LogP contribution is -2.25. The zero-order chi connectivity index (χ0) is 34.2. The number of hydrogen-bond acceptors (Lipinski definition) is 5. The van der Waals surface area contributed by atoms with Crippen molar-refractivity contribution in [2.45, 2.75) is 20.8 Å². The second-order valence-corrected chi connectivity index (χ2v) is 14.6. The van der Waals surface area contributed by atoms with Crippen LogP contribution >= 0.6 is 11.3 Å². The number of rotatable bonds is 5. The zero-order valence-electron chi connectivity index (χ0n) is 28.6. The van der Waals surface area contributed by atoms with Crippen LogP contribution < -0.4 is 14.5 Å². The van der Waals surface area contributed by atoms with Crippen LogP contribution in [0.25, 0.3) is 47.8 Å². The first-order chi connectivity index (χ1) is 25.0. The molecule has 0 bridgehead atoms. The Morgan fingerprint density at radius 2 is 1.35 bits per heavy atom. The van der Waals surface area contributed by atoms with Gasteiger partial charge >= 0.3 is 0 Å². The molecule has 6 aromatic carbocycles. The normalized spacial score (nSPS) is 12.8. The van der Waals surface area contributed by atoms with Crippen LogP contribution in [0.3, 0.4) is 0 Å². The molecule has 5 nitrogen and oxygen atoms in total. The fourth-order valence-electron chi connectivity index (χ4n) is 8.16. The van der Waals surface area contributed by atoms with Crippen molar-refractivity contribution in [1.29, 1.82) is 0 Å². The minimum atomic E-state index is 0.718. The summed E-state index contributed by atoms with van der Waals surface area (Å²) >= 11 is 1.84. The highest BCUT2D eigenvalue weighted by molar-refractivity contribution is 7.26. The molecule has 0 fully saturated rings. The van der Waals surface area contributed by atoms with Crippen LogP contribution in [0.5, 0.6) is 11.5 Å². The maximum absolute atomic E-state index is 6.70. The molecule has 4 heterocycles. The smallest absolute Gasteiger partial charge is 0.137 e. The van der Waals surface area contributed by atoms with Crippen molar-refractivity contribution >= 4 is 76.1 Å². The monoisotopic (exact) mass is 678 g/mol. The summed E-state index contributed by atoms with van der Waals surface area (Å²) < 4.78 is 11.6. The molecule has 246 valence electrons. The molecule has 51 heavy (non-hydrogen) atoms. The Hall–Kier alpha value is -6.11. The Bertz CT molecular complexity index is 2790. The Morgan fingerprint density at radius 3 is 2.18 bits per heavy atom. The van der Waals surface area contributed by atoms with Crippen LogP contribution in [0.4, 0.5) is 22.7 Å². The number of benzene rings is 6. The van der Waals surface area contributed by atoms with E-state index in [1.54, 1.807) is 0 Å². The molecule has 0 saturated heterocycles.